The van der Waals surface area contributed by atoms with Crippen molar-refractivity contribution in [3.05, 3.63) is 35.4 Å². The number of rotatable bonds is 4. The maximum atomic E-state index is 9.89. The minimum atomic E-state index is -0.898. The third kappa shape index (κ3) is 2.78. The smallest absolute Gasteiger partial charge is 0.106 e. The Morgan fingerprint density at radius 3 is 2.13 bits per heavy atom. The third-order valence-electron chi connectivity index (χ3n) is 2.54. The van der Waals surface area contributed by atoms with Crippen LogP contribution in [0.5, 0.6) is 0 Å². The zero-order valence-corrected chi connectivity index (χ0v) is 9.22. The molecule has 15 heavy (non-hydrogen) atoms. The van der Waals surface area contributed by atoms with Gasteiger partial charge < -0.3 is 15.9 Å². The molecule has 0 aliphatic heterocycles. The second-order valence-electron chi connectivity index (χ2n) is 4.03. The molecule has 0 saturated heterocycles. The lowest BCUT2D eigenvalue weighted by atomic mass is 9.92. The minimum absolute atomic E-state index is 0.0631. The Morgan fingerprint density at radius 1 is 1.13 bits per heavy atom. The van der Waals surface area contributed by atoms with Crippen molar-refractivity contribution in [2.75, 3.05) is 6.54 Å². The molecule has 0 aliphatic carbocycles. The fraction of sp³-hybridized carbons (Fsp3) is 0.500. The van der Waals surface area contributed by atoms with Gasteiger partial charge >= 0.3 is 0 Å². The molecule has 1 aromatic carbocycles. The third-order valence-corrected chi connectivity index (χ3v) is 2.54. The summed E-state index contributed by atoms with van der Waals surface area (Å²) in [5.74, 6) is 0.320. The maximum absolute atomic E-state index is 9.89. The summed E-state index contributed by atoms with van der Waals surface area (Å²) in [5, 5.41) is 19.4. The van der Waals surface area contributed by atoms with Crippen LogP contribution in [0.3, 0.4) is 0 Å². The molecule has 0 spiro atoms. The Morgan fingerprint density at radius 2 is 1.67 bits per heavy atom. The van der Waals surface area contributed by atoms with E-state index < -0.39 is 12.2 Å². The molecule has 0 heterocycles. The van der Waals surface area contributed by atoms with Crippen LogP contribution in [-0.2, 0) is 0 Å². The van der Waals surface area contributed by atoms with Crippen LogP contribution in [-0.4, -0.2) is 22.9 Å². The van der Waals surface area contributed by atoms with Gasteiger partial charge in [-0.25, -0.2) is 0 Å². The van der Waals surface area contributed by atoms with E-state index in [4.69, 9.17) is 5.73 Å². The van der Waals surface area contributed by atoms with E-state index in [-0.39, 0.29) is 6.54 Å². The molecular weight excluding hydrogens is 190 g/mol. The maximum Gasteiger partial charge on any atom is 0.106 e. The van der Waals surface area contributed by atoms with Gasteiger partial charge in [0.05, 0.1) is 6.10 Å². The zero-order chi connectivity index (χ0) is 11.4. The molecule has 84 valence electrons. The van der Waals surface area contributed by atoms with Gasteiger partial charge in [0.2, 0.25) is 0 Å². The van der Waals surface area contributed by atoms with Crippen LogP contribution in [0.2, 0.25) is 0 Å². The summed E-state index contributed by atoms with van der Waals surface area (Å²) in [5.41, 5.74) is 7.15. The fourth-order valence-corrected chi connectivity index (χ4v) is 1.64. The van der Waals surface area contributed by atoms with Crippen molar-refractivity contribution in [1.82, 2.24) is 0 Å². The Balaban J connectivity index is 3.02. The normalized spacial score (nSPS) is 15.3. The van der Waals surface area contributed by atoms with Crippen LogP contribution in [0.15, 0.2) is 24.3 Å². The zero-order valence-electron chi connectivity index (χ0n) is 9.22. The molecule has 0 radical (unpaired) electrons. The molecule has 0 amide bonds. The van der Waals surface area contributed by atoms with Gasteiger partial charge in [-0.3, -0.25) is 0 Å². The van der Waals surface area contributed by atoms with Gasteiger partial charge in [0, 0.05) is 6.54 Å². The highest BCUT2D eigenvalue weighted by atomic mass is 16.3. The molecule has 0 bridgehead atoms. The Hall–Kier alpha value is -0.900. The average molecular weight is 209 g/mol. The molecule has 1 aromatic rings. The number of benzene rings is 1. The van der Waals surface area contributed by atoms with Crippen molar-refractivity contribution in [1.29, 1.82) is 0 Å². The highest BCUT2D eigenvalue weighted by Crippen LogP contribution is 2.26. The number of aliphatic hydroxyl groups is 2. The van der Waals surface area contributed by atoms with Crippen LogP contribution >= 0.6 is 0 Å². The van der Waals surface area contributed by atoms with Gasteiger partial charge in [0.1, 0.15) is 6.10 Å². The highest BCUT2D eigenvalue weighted by molar-refractivity contribution is 5.32. The minimum Gasteiger partial charge on any atom is -0.389 e. The summed E-state index contributed by atoms with van der Waals surface area (Å²) in [6.45, 7) is 4.17. The summed E-state index contributed by atoms with van der Waals surface area (Å²) in [6, 6.07) is 7.58. The van der Waals surface area contributed by atoms with Crippen molar-refractivity contribution in [3.8, 4) is 0 Å². The molecule has 4 N–H and O–H groups in total. The molecule has 2 atom stereocenters. The first kappa shape index (κ1) is 12.2. The standard InChI is InChI=1S/C12H19NO2/c1-8(2)9-5-3-4-6-10(9)12(15)11(14)7-13/h3-6,8,11-12,14-15H,7,13H2,1-2H3. The van der Waals surface area contributed by atoms with Crippen LogP contribution in [0.4, 0.5) is 0 Å². The van der Waals surface area contributed by atoms with Crippen LogP contribution in [0.1, 0.15) is 37.0 Å². The lowest BCUT2D eigenvalue weighted by Gasteiger charge is -2.21. The average Bonchev–Trinajstić information content (AvgIpc) is 2.27. The lowest BCUT2D eigenvalue weighted by molar-refractivity contribution is 0.0237. The van der Waals surface area contributed by atoms with Gasteiger partial charge in [-0.2, -0.15) is 0 Å². The fourth-order valence-electron chi connectivity index (χ4n) is 1.64. The van der Waals surface area contributed by atoms with Gasteiger partial charge in [-0.05, 0) is 17.0 Å². The summed E-state index contributed by atoms with van der Waals surface area (Å²) >= 11 is 0. The first-order valence-corrected chi connectivity index (χ1v) is 5.23. The molecule has 1 rings (SSSR count). The van der Waals surface area contributed by atoms with E-state index in [0.29, 0.717) is 5.92 Å². The van der Waals surface area contributed by atoms with Crippen LogP contribution in [0.25, 0.3) is 0 Å². The van der Waals surface area contributed by atoms with Gasteiger partial charge in [0.15, 0.2) is 0 Å². The molecule has 0 fully saturated rings. The van der Waals surface area contributed by atoms with Crippen LogP contribution in [0, 0.1) is 0 Å². The highest BCUT2D eigenvalue weighted by Gasteiger charge is 2.20. The second kappa shape index (κ2) is 5.26. The van der Waals surface area contributed by atoms with E-state index in [1.807, 2.05) is 24.3 Å². The SMILES string of the molecule is CC(C)c1ccccc1C(O)C(O)CN. The summed E-state index contributed by atoms with van der Waals surface area (Å²) in [4.78, 5) is 0. The van der Waals surface area contributed by atoms with E-state index in [0.717, 1.165) is 11.1 Å². The molecule has 2 unspecified atom stereocenters. The molecule has 3 heteroatoms. The predicted octanol–water partition coefficient (Wildman–Crippen LogP) is 1.16. The first-order chi connectivity index (χ1) is 7.07. The first-order valence-electron chi connectivity index (χ1n) is 5.23. The van der Waals surface area contributed by atoms with Crippen molar-refractivity contribution >= 4 is 0 Å². The van der Waals surface area contributed by atoms with Crippen molar-refractivity contribution in [2.24, 2.45) is 5.73 Å². The number of hydrogen-bond acceptors (Lipinski definition) is 3. The van der Waals surface area contributed by atoms with E-state index in [1.54, 1.807) is 0 Å². The van der Waals surface area contributed by atoms with Gasteiger partial charge in [0.25, 0.3) is 0 Å². The van der Waals surface area contributed by atoms with E-state index in [9.17, 15) is 10.2 Å². The summed E-state index contributed by atoms with van der Waals surface area (Å²) in [6.07, 6.45) is -1.79. The van der Waals surface area contributed by atoms with Crippen LogP contribution < -0.4 is 5.73 Å². The monoisotopic (exact) mass is 209 g/mol. The van der Waals surface area contributed by atoms with Gasteiger partial charge in [-0.15, -0.1) is 0 Å². The number of nitrogens with two attached hydrogens (primary N) is 1. The topological polar surface area (TPSA) is 66.5 Å². The molecule has 3 nitrogen and oxygen atoms in total. The van der Waals surface area contributed by atoms with E-state index >= 15 is 0 Å². The number of aliphatic hydroxyl groups excluding tert-OH is 2. The molecule has 0 aliphatic rings. The quantitative estimate of drug-likeness (QED) is 0.697. The predicted molar refractivity (Wildman–Crippen MR) is 60.6 cm³/mol. The van der Waals surface area contributed by atoms with Gasteiger partial charge in [-0.1, -0.05) is 38.1 Å². The molecule has 0 saturated carbocycles. The molecular formula is C12H19NO2. The second-order valence-corrected chi connectivity index (χ2v) is 4.03. The van der Waals surface area contributed by atoms with Crippen molar-refractivity contribution < 1.29 is 10.2 Å². The Kier molecular flexibility index (Phi) is 4.27. The Labute approximate surface area is 90.5 Å². The van der Waals surface area contributed by atoms with E-state index in [2.05, 4.69) is 13.8 Å². The lowest BCUT2D eigenvalue weighted by Crippen LogP contribution is -2.27. The summed E-state index contributed by atoms with van der Waals surface area (Å²) < 4.78 is 0. The Bertz CT molecular complexity index is 312. The molecule has 0 aromatic heterocycles. The largest absolute Gasteiger partial charge is 0.389 e. The number of hydrogen-bond donors (Lipinski definition) is 3. The van der Waals surface area contributed by atoms with Crippen molar-refractivity contribution in [2.45, 2.75) is 32.0 Å². The van der Waals surface area contributed by atoms with E-state index in [1.165, 1.54) is 0 Å². The summed E-state index contributed by atoms with van der Waals surface area (Å²) in [7, 11) is 0. The van der Waals surface area contributed by atoms with Crippen molar-refractivity contribution in [3.63, 3.8) is 0 Å².